The second kappa shape index (κ2) is 7.21. The molecule has 114 valence electrons. The first kappa shape index (κ1) is 16.2. The molecule has 1 fully saturated rings. The summed E-state index contributed by atoms with van der Waals surface area (Å²) >= 11 is 3.54. The van der Waals surface area contributed by atoms with E-state index in [9.17, 15) is 4.79 Å². The molecule has 1 aromatic carbocycles. The van der Waals surface area contributed by atoms with Crippen molar-refractivity contribution >= 4 is 27.5 Å². The molecule has 0 aromatic heterocycles. The molecule has 1 aromatic rings. The predicted molar refractivity (Wildman–Crippen MR) is 90.5 cm³/mol. The summed E-state index contributed by atoms with van der Waals surface area (Å²) in [6.07, 6.45) is 6.15. The van der Waals surface area contributed by atoms with Crippen molar-refractivity contribution in [3.8, 4) is 0 Å². The Morgan fingerprint density at radius 3 is 2.62 bits per heavy atom. The van der Waals surface area contributed by atoms with Gasteiger partial charge in [0.25, 0.3) is 5.91 Å². The van der Waals surface area contributed by atoms with Crippen LogP contribution in [0, 0.1) is 12.8 Å². The van der Waals surface area contributed by atoms with Crippen molar-refractivity contribution in [1.82, 2.24) is 0 Å². The number of nitrogens with zero attached hydrogens (tertiary/aromatic N) is 1. The average Bonchev–Trinajstić information content (AvgIpc) is 2.48. The minimum Gasteiger partial charge on any atom is -0.365 e. The normalized spacial score (nSPS) is 18.5. The highest BCUT2D eigenvalue weighted by Gasteiger charge is 2.26. The van der Waals surface area contributed by atoms with E-state index in [1.54, 1.807) is 6.92 Å². The Morgan fingerprint density at radius 1 is 1.33 bits per heavy atom. The number of benzene rings is 1. The predicted octanol–water partition coefficient (Wildman–Crippen LogP) is 4.33. The molecule has 4 heteroatoms. The molecule has 2 N–H and O–H groups in total. The van der Waals surface area contributed by atoms with Crippen molar-refractivity contribution in [3.63, 3.8) is 0 Å². The van der Waals surface area contributed by atoms with Gasteiger partial charge in [-0.05, 0) is 55.9 Å². The molecule has 1 amide bonds. The Labute approximate surface area is 135 Å². The highest BCUT2D eigenvalue weighted by atomic mass is 79.9. The number of hydrogen-bond donors (Lipinski definition) is 1. The molecule has 1 unspecified atom stereocenters. The van der Waals surface area contributed by atoms with E-state index < -0.39 is 5.91 Å². The molecular weight excluding hydrogens is 328 g/mol. The lowest BCUT2D eigenvalue weighted by Crippen LogP contribution is -2.24. The number of nitrogens with two attached hydrogens (primary N) is 1. The first-order valence-electron chi connectivity index (χ1n) is 7.59. The van der Waals surface area contributed by atoms with Gasteiger partial charge in [-0.15, -0.1) is 0 Å². The number of carbonyl (C=O) groups is 1. The Hall–Kier alpha value is -1.16. The smallest absolute Gasteiger partial charge is 0.262 e. The Kier molecular flexibility index (Phi) is 5.57. The SMILES string of the molecule is CC(=NC(c1cc(Br)ccc1C)C1CCCCC1)C(N)=O. The second-order valence-corrected chi connectivity index (χ2v) is 6.84. The van der Waals surface area contributed by atoms with Crippen LogP contribution in [0.5, 0.6) is 0 Å². The van der Waals surface area contributed by atoms with Crippen LogP contribution in [0.25, 0.3) is 0 Å². The maximum atomic E-state index is 11.4. The van der Waals surface area contributed by atoms with E-state index in [1.807, 2.05) is 6.07 Å². The van der Waals surface area contributed by atoms with E-state index in [0.717, 1.165) is 4.47 Å². The van der Waals surface area contributed by atoms with Crippen LogP contribution in [-0.2, 0) is 4.79 Å². The van der Waals surface area contributed by atoms with Gasteiger partial charge in [0, 0.05) is 4.47 Å². The molecule has 1 aliphatic rings. The number of aliphatic imine (C=N–C) groups is 1. The number of halogens is 1. The molecule has 21 heavy (non-hydrogen) atoms. The summed E-state index contributed by atoms with van der Waals surface area (Å²) in [7, 11) is 0. The van der Waals surface area contributed by atoms with Gasteiger partial charge >= 0.3 is 0 Å². The maximum absolute atomic E-state index is 11.4. The molecule has 2 rings (SSSR count). The zero-order chi connectivity index (χ0) is 15.4. The van der Waals surface area contributed by atoms with Gasteiger partial charge in [0.15, 0.2) is 0 Å². The lowest BCUT2D eigenvalue weighted by Gasteiger charge is -2.29. The number of hydrogen-bond acceptors (Lipinski definition) is 2. The van der Waals surface area contributed by atoms with Crippen molar-refractivity contribution in [2.45, 2.75) is 52.0 Å². The average molecular weight is 351 g/mol. The van der Waals surface area contributed by atoms with Crippen LogP contribution in [-0.4, -0.2) is 11.6 Å². The molecule has 3 nitrogen and oxygen atoms in total. The summed E-state index contributed by atoms with van der Waals surface area (Å²) in [6, 6.07) is 6.31. The lowest BCUT2D eigenvalue weighted by molar-refractivity contribution is -0.112. The van der Waals surface area contributed by atoms with Gasteiger partial charge in [-0.2, -0.15) is 0 Å². The topological polar surface area (TPSA) is 55.4 Å². The third-order valence-corrected chi connectivity index (χ3v) is 4.84. The molecule has 0 spiro atoms. The number of rotatable bonds is 4. The van der Waals surface area contributed by atoms with Crippen molar-refractivity contribution < 1.29 is 4.79 Å². The molecule has 1 aliphatic carbocycles. The number of carbonyl (C=O) groups excluding carboxylic acids is 1. The van der Waals surface area contributed by atoms with Crippen LogP contribution in [0.3, 0.4) is 0 Å². The summed E-state index contributed by atoms with van der Waals surface area (Å²) < 4.78 is 1.05. The van der Waals surface area contributed by atoms with E-state index in [1.165, 1.54) is 43.2 Å². The first-order chi connectivity index (χ1) is 9.99. The fraction of sp³-hybridized carbons (Fsp3) is 0.529. The van der Waals surface area contributed by atoms with E-state index in [-0.39, 0.29) is 6.04 Å². The van der Waals surface area contributed by atoms with Gasteiger partial charge in [0.2, 0.25) is 0 Å². The minimum absolute atomic E-state index is 0.0373. The standard InChI is InChI=1S/C17H23BrN2O/c1-11-8-9-14(18)10-15(11)16(20-12(2)17(19)21)13-6-4-3-5-7-13/h8-10,13,16H,3-7H2,1-2H3,(H2,19,21). The summed E-state index contributed by atoms with van der Waals surface area (Å²) in [5, 5.41) is 0. The highest BCUT2D eigenvalue weighted by molar-refractivity contribution is 9.10. The quantitative estimate of drug-likeness (QED) is 0.807. The summed E-state index contributed by atoms with van der Waals surface area (Å²) in [5.74, 6) is 0.0736. The molecule has 0 radical (unpaired) electrons. The Bertz CT molecular complexity index is 548. The van der Waals surface area contributed by atoms with E-state index in [4.69, 9.17) is 10.7 Å². The van der Waals surface area contributed by atoms with Crippen molar-refractivity contribution in [3.05, 3.63) is 33.8 Å². The van der Waals surface area contributed by atoms with Crippen LogP contribution in [0.1, 0.15) is 56.2 Å². The number of aryl methyl sites for hydroxylation is 1. The lowest BCUT2D eigenvalue weighted by atomic mass is 9.80. The van der Waals surface area contributed by atoms with Crippen LogP contribution in [0.2, 0.25) is 0 Å². The molecule has 0 heterocycles. The fourth-order valence-corrected chi connectivity index (χ4v) is 3.46. The van der Waals surface area contributed by atoms with Crippen LogP contribution < -0.4 is 5.73 Å². The van der Waals surface area contributed by atoms with Crippen LogP contribution in [0.4, 0.5) is 0 Å². The van der Waals surface area contributed by atoms with Gasteiger partial charge < -0.3 is 5.73 Å². The Morgan fingerprint density at radius 2 is 2.00 bits per heavy atom. The van der Waals surface area contributed by atoms with Crippen molar-refractivity contribution in [1.29, 1.82) is 0 Å². The molecule has 1 atom stereocenters. The van der Waals surface area contributed by atoms with Gasteiger partial charge in [-0.1, -0.05) is 41.3 Å². The van der Waals surface area contributed by atoms with Crippen molar-refractivity contribution in [2.75, 3.05) is 0 Å². The molecule has 0 aliphatic heterocycles. The first-order valence-corrected chi connectivity index (χ1v) is 8.38. The summed E-state index contributed by atoms with van der Waals surface area (Å²) in [6.45, 7) is 3.82. The van der Waals surface area contributed by atoms with Crippen LogP contribution in [0.15, 0.2) is 27.7 Å². The van der Waals surface area contributed by atoms with Gasteiger partial charge in [-0.25, -0.2) is 0 Å². The van der Waals surface area contributed by atoms with E-state index in [2.05, 4.69) is 35.0 Å². The zero-order valence-electron chi connectivity index (χ0n) is 12.7. The molecule has 1 saturated carbocycles. The molecule has 0 bridgehead atoms. The zero-order valence-corrected chi connectivity index (χ0v) is 14.3. The van der Waals surface area contributed by atoms with Crippen LogP contribution >= 0.6 is 15.9 Å². The van der Waals surface area contributed by atoms with Gasteiger partial charge in [0.1, 0.15) is 0 Å². The third-order valence-electron chi connectivity index (χ3n) is 4.35. The molecule has 0 saturated heterocycles. The number of primary amides is 1. The Balaban J connectivity index is 2.41. The van der Waals surface area contributed by atoms with Gasteiger partial charge in [-0.3, -0.25) is 9.79 Å². The number of amides is 1. The molecular formula is C17H23BrN2O. The monoisotopic (exact) mass is 350 g/mol. The maximum Gasteiger partial charge on any atom is 0.262 e. The highest BCUT2D eigenvalue weighted by Crippen LogP contribution is 2.39. The van der Waals surface area contributed by atoms with E-state index in [0.29, 0.717) is 11.6 Å². The fourth-order valence-electron chi connectivity index (χ4n) is 3.08. The second-order valence-electron chi connectivity index (χ2n) is 5.92. The third kappa shape index (κ3) is 4.16. The largest absolute Gasteiger partial charge is 0.365 e. The summed E-state index contributed by atoms with van der Waals surface area (Å²) in [4.78, 5) is 16.1. The van der Waals surface area contributed by atoms with Gasteiger partial charge in [0.05, 0.1) is 11.8 Å². The van der Waals surface area contributed by atoms with E-state index >= 15 is 0 Å². The van der Waals surface area contributed by atoms with Crippen molar-refractivity contribution in [2.24, 2.45) is 16.6 Å². The summed E-state index contributed by atoms with van der Waals surface area (Å²) in [5.41, 5.74) is 8.22. The minimum atomic E-state index is -0.427.